The molecule has 6 atom stereocenters. The number of phosphoric acid groups is 1. The predicted molar refractivity (Wildman–Crippen MR) is 53.3 cm³/mol. The maximum atomic E-state index is 10.6. The Morgan fingerprint density at radius 1 is 1.29 bits per heavy atom. The number of ether oxygens (including phenoxy) is 2. The molecule has 0 amide bonds. The monoisotopic (exact) mass is 348 g/mol. The summed E-state index contributed by atoms with van der Waals surface area (Å²) in [4.78, 5) is 21.1. The molecule has 114 valence electrons. The Morgan fingerprint density at radius 2 is 1.81 bits per heavy atom. The first-order valence-electron chi connectivity index (χ1n) is 5.25. The Bertz CT molecular complexity index is 341. The van der Waals surface area contributed by atoms with Crippen LogP contribution in [0, 0.1) is 0 Å². The third kappa shape index (κ3) is 7.10. The summed E-state index contributed by atoms with van der Waals surface area (Å²) in [6.07, 6.45) is -9.99. The molecule has 1 fully saturated rings. The van der Waals surface area contributed by atoms with E-state index < -0.39 is 51.2 Å². The molecule has 1 heterocycles. The summed E-state index contributed by atoms with van der Waals surface area (Å²) in [5.74, 6) is 0. The minimum Gasteiger partial charge on any atom is -0.790 e. The Hall–Kier alpha value is 1.87. The zero-order valence-electron chi connectivity index (χ0n) is 11.9. The van der Waals surface area contributed by atoms with E-state index >= 15 is 0 Å². The normalized spacial score (nSPS) is 34.5. The van der Waals surface area contributed by atoms with E-state index in [4.69, 9.17) is 9.84 Å². The van der Waals surface area contributed by atoms with Gasteiger partial charge in [-0.3, -0.25) is 0 Å². The van der Waals surface area contributed by atoms with Gasteiger partial charge in [-0.25, -0.2) is 0 Å². The molecule has 0 aromatic heterocycles. The predicted octanol–water partition coefficient (Wildman–Crippen LogP) is -10.3. The Labute approximate surface area is 165 Å². The van der Waals surface area contributed by atoms with Crippen molar-refractivity contribution in [2.24, 2.45) is 0 Å². The van der Waals surface area contributed by atoms with Gasteiger partial charge in [0.15, 0.2) is 6.29 Å². The number of hydrogen-bond donors (Lipinski definition) is 4. The van der Waals surface area contributed by atoms with Gasteiger partial charge in [0.2, 0.25) is 0 Å². The van der Waals surface area contributed by atoms with E-state index in [-0.39, 0.29) is 59.1 Å². The number of rotatable bonds is 5. The first kappa shape index (κ1) is 25.1. The van der Waals surface area contributed by atoms with Crippen LogP contribution in [0.4, 0.5) is 0 Å². The average molecular weight is 348 g/mol. The summed E-state index contributed by atoms with van der Waals surface area (Å²) in [7, 11) is -4.38. The first-order valence-corrected chi connectivity index (χ1v) is 6.71. The van der Waals surface area contributed by atoms with Crippen LogP contribution in [-0.2, 0) is 18.6 Å². The number of phosphoric ester groups is 1. The molecular weight excluding hydrogens is 333 g/mol. The van der Waals surface area contributed by atoms with E-state index in [0.29, 0.717) is 0 Å². The number of aliphatic hydroxyl groups excluding tert-OH is 4. The van der Waals surface area contributed by atoms with Crippen LogP contribution in [0.3, 0.4) is 0 Å². The van der Waals surface area contributed by atoms with Crippen LogP contribution in [0.15, 0.2) is 0 Å². The molecule has 1 rings (SSSR count). The third-order valence-corrected chi connectivity index (χ3v) is 3.13. The summed E-state index contributed by atoms with van der Waals surface area (Å²) < 4.78 is 24.2. The van der Waals surface area contributed by atoms with Crippen LogP contribution in [-0.4, -0.2) is 71.0 Å². The minimum atomic E-state index is -5.49. The molecule has 10 nitrogen and oxygen atoms in total. The maximum absolute atomic E-state index is 10.6. The smallest absolute Gasteiger partial charge is 0.790 e. The second-order valence-corrected chi connectivity index (χ2v) is 5.06. The molecule has 0 radical (unpaired) electrons. The zero-order valence-corrected chi connectivity index (χ0v) is 16.8. The average Bonchev–Trinajstić information content (AvgIpc) is 2.33. The van der Waals surface area contributed by atoms with Gasteiger partial charge >= 0.3 is 59.1 Å². The van der Waals surface area contributed by atoms with Gasteiger partial charge in [0, 0.05) is 7.11 Å². The topological polar surface area (TPSA) is 172 Å². The van der Waals surface area contributed by atoms with E-state index in [2.05, 4.69) is 9.26 Å². The summed E-state index contributed by atoms with van der Waals surface area (Å²) in [6, 6.07) is 0. The van der Waals surface area contributed by atoms with Crippen molar-refractivity contribution in [2.75, 3.05) is 13.7 Å². The molecule has 21 heavy (non-hydrogen) atoms. The van der Waals surface area contributed by atoms with Crippen LogP contribution in [0.25, 0.3) is 0 Å². The molecule has 1 aliphatic rings. The molecule has 0 aliphatic carbocycles. The van der Waals surface area contributed by atoms with Gasteiger partial charge in [-0.2, -0.15) is 0 Å². The second kappa shape index (κ2) is 10.7. The number of hydrogen-bond acceptors (Lipinski definition) is 10. The van der Waals surface area contributed by atoms with Crippen molar-refractivity contribution in [2.45, 2.75) is 36.8 Å². The van der Waals surface area contributed by atoms with E-state index in [1.807, 2.05) is 0 Å². The molecule has 4 N–H and O–H groups in total. The number of methoxy groups -OCH3 is 1. The van der Waals surface area contributed by atoms with Gasteiger partial charge in [0.05, 0.1) is 14.4 Å². The van der Waals surface area contributed by atoms with Gasteiger partial charge in [-0.15, -0.1) is 0 Å². The molecule has 0 aromatic rings. The second-order valence-electron chi connectivity index (χ2n) is 3.95. The van der Waals surface area contributed by atoms with Crippen LogP contribution >= 0.6 is 7.82 Å². The molecule has 0 spiro atoms. The molecular formula is C8H15Na2O10P. The van der Waals surface area contributed by atoms with Crippen molar-refractivity contribution in [1.82, 2.24) is 0 Å². The molecule has 0 bridgehead atoms. The van der Waals surface area contributed by atoms with Crippen molar-refractivity contribution in [3.63, 3.8) is 0 Å². The Balaban J connectivity index is 0. The largest absolute Gasteiger partial charge is 1.00 e. The summed E-state index contributed by atoms with van der Waals surface area (Å²) >= 11 is 0. The van der Waals surface area contributed by atoms with Crippen LogP contribution in [0.1, 0.15) is 0 Å². The first-order chi connectivity index (χ1) is 8.71. The van der Waals surface area contributed by atoms with Crippen molar-refractivity contribution in [3.8, 4) is 0 Å². The minimum absolute atomic E-state index is 0. The zero-order chi connectivity index (χ0) is 14.8. The molecule has 1 saturated heterocycles. The standard InChI is InChI=1S/C8H17O10P.2Na/c1-16-8-5(12)7(18-19(13,14)15)4(11)6(17-8)3(10)2-9;;/h3-12H,2H2,1H3,(H2,13,14,15);;/q;2*+1/p-2/t3-,4+,5-,6+,7-,8+;;/m0../s1. The number of aliphatic hydroxyl groups is 4. The fourth-order valence-electron chi connectivity index (χ4n) is 1.75. The fourth-order valence-corrected chi connectivity index (χ4v) is 2.30. The van der Waals surface area contributed by atoms with E-state index in [0.717, 1.165) is 7.11 Å². The molecule has 0 aromatic carbocycles. The summed E-state index contributed by atoms with van der Waals surface area (Å²) in [5.41, 5.74) is 0. The molecule has 13 heteroatoms. The molecule has 0 unspecified atom stereocenters. The maximum Gasteiger partial charge on any atom is 1.00 e. The SMILES string of the molecule is CO[C@@H]1O[C@H]([C@@H](O)CO)[C@@H](O)[C@H](OP(=O)([O-])[O-])[C@@H]1O.[Na+].[Na+]. The summed E-state index contributed by atoms with van der Waals surface area (Å²) in [5, 5.41) is 37.6. The Morgan fingerprint density at radius 3 is 2.19 bits per heavy atom. The molecule has 1 aliphatic heterocycles. The van der Waals surface area contributed by atoms with Crippen LogP contribution < -0.4 is 68.9 Å². The molecule has 0 saturated carbocycles. The van der Waals surface area contributed by atoms with Gasteiger partial charge < -0.3 is 48.8 Å². The van der Waals surface area contributed by atoms with E-state index in [1.165, 1.54) is 0 Å². The van der Waals surface area contributed by atoms with Gasteiger partial charge in [-0.05, 0) is 0 Å². The quantitative estimate of drug-likeness (QED) is 0.276. The van der Waals surface area contributed by atoms with Crippen molar-refractivity contribution < 1.29 is 108 Å². The van der Waals surface area contributed by atoms with Crippen molar-refractivity contribution in [1.29, 1.82) is 0 Å². The van der Waals surface area contributed by atoms with Gasteiger partial charge in [0.25, 0.3) is 0 Å². The van der Waals surface area contributed by atoms with Crippen LogP contribution in [0.2, 0.25) is 0 Å². The van der Waals surface area contributed by atoms with Gasteiger partial charge in [0.1, 0.15) is 30.5 Å². The van der Waals surface area contributed by atoms with Gasteiger partial charge in [-0.1, -0.05) is 0 Å². The fraction of sp³-hybridized carbons (Fsp3) is 1.00. The van der Waals surface area contributed by atoms with Crippen molar-refractivity contribution in [3.05, 3.63) is 0 Å². The summed E-state index contributed by atoms with van der Waals surface area (Å²) in [6.45, 7) is -0.798. The van der Waals surface area contributed by atoms with Crippen molar-refractivity contribution >= 4 is 7.82 Å². The van der Waals surface area contributed by atoms with Crippen LogP contribution in [0.5, 0.6) is 0 Å². The van der Waals surface area contributed by atoms with E-state index in [9.17, 15) is 29.7 Å². The third-order valence-electron chi connectivity index (χ3n) is 2.63. The van der Waals surface area contributed by atoms with E-state index in [1.54, 1.807) is 0 Å². The Kier molecular flexibility index (Phi) is 12.8.